The Morgan fingerprint density at radius 2 is 1.70 bits per heavy atom. The number of fused-ring (bicyclic) bond motifs is 5. The zero-order valence-corrected chi connectivity index (χ0v) is 24.6. The van der Waals surface area contributed by atoms with E-state index in [0.29, 0.717) is 46.8 Å². The van der Waals surface area contributed by atoms with Gasteiger partial charge in [0.05, 0.1) is 6.10 Å². The fourth-order valence-electron chi connectivity index (χ4n) is 10.8. The van der Waals surface area contributed by atoms with E-state index in [9.17, 15) is 9.90 Å². The van der Waals surface area contributed by atoms with Crippen molar-refractivity contribution in [3.8, 4) is 0 Å². The van der Waals surface area contributed by atoms with Gasteiger partial charge in [-0.15, -0.1) is 0 Å². The number of hydrogen-bond donors (Lipinski definition) is 2. The second-order valence-corrected chi connectivity index (χ2v) is 14.8. The normalized spacial score (nSPS) is 45.1. The number of nitrogens with one attached hydrogen (secondary N) is 1. The Morgan fingerprint density at radius 1 is 0.973 bits per heavy atom. The Labute approximate surface area is 228 Å². The monoisotopic (exact) mass is 514 g/mol. The molecular weight excluding hydrogens is 456 g/mol. The standard InChI is InChI=1S/C33H58N2O2/c1-5-25(36)10-9-23(2)27-11-12-28-26-22-31(37)30-21-24(34-17-20-35-18-7-6-8-19-35)13-15-33(30,4)29(26)14-16-32(27,28)3/h23-24,26-31,34,37H,5-22H2,1-4H3/t23-,24?,26?,27-,28?,29?,30+,31+,32-,33-/m1/s1. The van der Waals surface area contributed by atoms with E-state index in [1.807, 2.05) is 6.92 Å². The van der Waals surface area contributed by atoms with E-state index in [1.165, 1.54) is 83.8 Å². The summed E-state index contributed by atoms with van der Waals surface area (Å²) in [4.78, 5) is 14.6. The number of hydrogen-bond acceptors (Lipinski definition) is 4. The molecule has 5 rings (SSSR count). The van der Waals surface area contributed by atoms with Crippen LogP contribution in [0.1, 0.15) is 118 Å². The minimum atomic E-state index is -0.126. The van der Waals surface area contributed by atoms with Crippen molar-refractivity contribution in [2.45, 2.75) is 130 Å². The molecule has 0 amide bonds. The summed E-state index contributed by atoms with van der Waals surface area (Å²) >= 11 is 0. The van der Waals surface area contributed by atoms with Gasteiger partial charge in [-0.25, -0.2) is 0 Å². The molecule has 2 N–H and O–H groups in total. The summed E-state index contributed by atoms with van der Waals surface area (Å²) in [7, 11) is 0. The number of carbonyl (C=O) groups excluding carboxylic acids is 1. The van der Waals surface area contributed by atoms with E-state index in [2.05, 4.69) is 31.0 Å². The first-order valence-corrected chi connectivity index (χ1v) is 16.4. The van der Waals surface area contributed by atoms with Crippen molar-refractivity contribution in [2.75, 3.05) is 26.2 Å². The topological polar surface area (TPSA) is 52.6 Å². The van der Waals surface area contributed by atoms with E-state index >= 15 is 0 Å². The third-order valence-corrected chi connectivity index (χ3v) is 13.0. The largest absolute Gasteiger partial charge is 0.393 e. The van der Waals surface area contributed by atoms with E-state index in [4.69, 9.17) is 0 Å². The molecule has 4 nitrogen and oxygen atoms in total. The highest BCUT2D eigenvalue weighted by Gasteiger charge is 2.62. The smallest absolute Gasteiger partial charge is 0.132 e. The zero-order valence-electron chi connectivity index (χ0n) is 24.6. The second-order valence-electron chi connectivity index (χ2n) is 14.8. The van der Waals surface area contributed by atoms with Crippen molar-refractivity contribution in [3.63, 3.8) is 0 Å². The molecule has 37 heavy (non-hydrogen) atoms. The maximum atomic E-state index is 12.0. The van der Waals surface area contributed by atoms with Gasteiger partial charge in [0.15, 0.2) is 0 Å². The van der Waals surface area contributed by atoms with Gasteiger partial charge in [0.1, 0.15) is 5.78 Å². The molecule has 1 aliphatic heterocycles. The number of carbonyl (C=O) groups is 1. The molecule has 1 heterocycles. The van der Waals surface area contributed by atoms with Crippen LogP contribution >= 0.6 is 0 Å². The van der Waals surface area contributed by atoms with Crippen LogP contribution in [0.3, 0.4) is 0 Å². The highest BCUT2D eigenvalue weighted by atomic mass is 16.3. The van der Waals surface area contributed by atoms with E-state index < -0.39 is 0 Å². The van der Waals surface area contributed by atoms with Gasteiger partial charge in [-0.3, -0.25) is 4.79 Å². The first-order chi connectivity index (χ1) is 17.8. The van der Waals surface area contributed by atoms with Gasteiger partial charge in [-0.1, -0.05) is 34.1 Å². The first-order valence-electron chi connectivity index (χ1n) is 16.4. The summed E-state index contributed by atoms with van der Waals surface area (Å²) in [5, 5.41) is 15.6. The Bertz CT molecular complexity index is 780. The summed E-state index contributed by atoms with van der Waals surface area (Å²) in [5.74, 6) is 4.57. The molecular formula is C33H58N2O2. The lowest BCUT2D eigenvalue weighted by atomic mass is 9.43. The first kappa shape index (κ1) is 28.1. The van der Waals surface area contributed by atoms with Gasteiger partial charge < -0.3 is 15.3 Å². The Hall–Kier alpha value is -0.450. The van der Waals surface area contributed by atoms with Crippen LogP contribution in [0.2, 0.25) is 0 Å². The highest BCUT2D eigenvalue weighted by Crippen LogP contribution is 2.68. The molecule has 0 aromatic rings. The molecule has 0 aromatic carbocycles. The Balaban J connectivity index is 1.20. The van der Waals surface area contributed by atoms with Crippen molar-refractivity contribution in [1.82, 2.24) is 10.2 Å². The second kappa shape index (κ2) is 11.6. The molecule has 4 aliphatic carbocycles. The SMILES string of the molecule is CCC(=O)CC[C@@H](C)[C@H]1CCC2C3C[C@H](O)[C@@H]4CC(NCCN5CCCCC5)CC[C@]4(C)C3CC[C@@]21C. The van der Waals surface area contributed by atoms with Crippen LogP contribution in [0.15, 0.2) is 0 Å². The third-order valence-electron chi connectivity index (χ3n) is 13.0. The lowest BCUT2D eigenvalue weighted by Crippen LogP contribution is -2.59. The van der Waals surface area contributed by atoms with Crippen molar-refractivity contribution >= 4 is 5.78 Å². The molecule has 0 aromatic heterocycles. The van der Waals surface area contributed by atoms with Gasteiger partial charge in [-0.2, -0.15) is 0 Å². The zero-order chi connectivity index (χ0) is 26.2. The van der Waals surface area contributed by atoms with Crippen LogP contribution in [0, 0.1) is 46.3 Å². The maximum Gasteiger partial charge on any atom is 0.132 e. The summed E-state index contributed by atoms with van der Waals surface area (Å²) in [6, 6.07) is 0.588. The average molecular weight is 515 g/mol. The quantitative estimate of drug-likeness (QED) is 0.371. The minimum Gasteiger partial charge on any atom is -0.393 e. The predicted octanol–water partition coefficient (Wildman–Crippen LogP) is 6.46. The third kappa shape index (κ3) is 5.47. The van der Waals surface area contributed by atoms with E-state index in [-0.39, 0.29) is 6.10 Å². The fourth-order valence-corrected chi connectivity index (χ4v) is 10.8. The van der Waals surface area contributed by atoms with Crippen LogP contribution in [0.4, 0.5) is 0 Å². The lowest BCUT2D eigenvalue weighted by molar-refractivity contribution is -0.162. The van der Waals surface area contributed by atoms with Crippen LogP contribution in [0.25, 0.3) is 0 Å². The average Bonchev–Trinajstić information content (AvgIpc) is 3.26. The summed E-state index contributed by atoms with van der Waals surface area (Å²) in [5.41, 5.74) is 0.720. The molecule has 4 heteroatoms. The van der Waals surface area contributed by atoms with E-state index in [0.717, 1.165) is 43.6 Å². The minimum absolute atomic E-state index is 0.126. The lowest BCUT2D eigenvalue weighted by Gasteiger charge is -2.62. The Kier molecular flexibility index (Phi) is 8.79. The molecule has 5 fully saturated rings. The molecule has 0 spiro atoms. The van der Waals surface area contributed by atoms with Crippen molar-refractivity contribution < 1.29 is 9.90 Å². The number of aliphatic hydroxyl groups is 1. The number of rotatable bonds is 9. The number of nitrogens with zero attached hydrogens (tertiary/aromatic N) is 1. The summed E-state index contributed by atoms with van der Waals surface area (Å²) < 4.78 is 0. The van der Waals surface area contributed by atoms with Gasteiger partial charge in [0.25, 0.3) is 0 Å². The molecule has 0 radical (unpaired) electrons. The van der Waals surface area contributed by atoms with Gasteiger partial charge in [0.2, 0.25) is 0 Å². The van der Waals surface area contributed by atoms with Crippen LogP contribution in [0.5, 0.6) is 0 Å². The van der Waals surface area contributed by atoms with Crippen LogP contribution < -0.4 is 5.32 Å². The molecule has 212 valence electrons. The van der Waals surface area contributed by atoms with Crippen LogP contribution in [-0.4, -0.2) is 54.1 Å². The maximum absolute atomic E-state index is 12.0. The van der Waals surface area contributed by atoms with Crippen molar-refractivity contribution in [3.05, 3.63) is 0 Å². The molecule has 4 unspecified atom stereocenters. The number of piperidine rings is 1. The van der Waals surface area contributed by atoms with Crippen LogP contribution in [-0.2, 0) is 4.79 Å². The van der Waals surface area contributed by atoms with Gasteiger partial charge in [-0.05, 0) is 130 Å². The highest BCUT2D eigenvalue weighted by molar-refractivity contribution is 5.77. The van der Waals surface area contributed by atoms with Gasteiger partial charge >= 0.3 is 0 Å². The number of ketones is 1. The van der Waals surface area contributed by atoms with E-state index in [1.54, 1.807) is 0 Å². The number of likely N-dealkylation sites (tertiary alicyclic amines) is 1. The molecule has 0 bridgehead atoms. The number of aliphatic hydroxyl groups excluding tert-OH is 1. The molecule has 10 atom stereocenters. The number of Topliss-reactive ketones (excluding diaryl/α,β-unsaturated/α-hetero) is 1. The van der Waals surface area contributed by atoms with Crippen molar-refractivity contribution in [1.29, 1.82) is 0 Å². The fraction of sp³-hybridized carbons (Fsp3) is 0.970. The Morgan fingerprint density at radius 3 is 2.46 bits per heavy atom. The summed E-state index contributed by atoms with van der Waals surface area (Å²) in [6.45, 7) is 14.5. The summed E-state index contributed by atoms with van der Waals surface area (Å²) in [6.07, 6.45) is 16.8. The molecule has 1 saturated heterocycles. The predicted molar refractivity (Wildman–Crippen MR) is 152 cm³/mol. The van der Waals surface area contributed by atoms with Gasteiger partial charge in [0, 0.05) is 32.0 Å². The van der Waals surface area contributed by atoms with Crippen molar-refractivity contribution in [2.24, 2.45) is 46.3 Å². The molecule has 4 saturated carbocycles. The molecule has 5 aliphatic rings.